The van der Waals surface area contributed by atoms with Crippen LogP contribution in [0.4, 0.5) is 0 Å². The molecule has 236 valence electrons. The molecule has 5 aliphatic carbocycles. The number of amides is 1. The summed E-state index contributed by atoms with van der Waals surface area (Å²) in [4.78, 5) is 40.3. The Morgan fingerprint density at radius 3 is 2.26 bits per heavy atom. The molecule has 42 heavy (non-hydrogen) atoms. The number of hydrogen-bond donors (Lipinski definition) is 1. The minimum Gasteiger partial charge on any atom is -0.467 e. The van der Waals surface area contributed by atoms with Gasteiger partial charge in [0.15, 0.2) is 0 Å². The third-order valence-electron chi connectivity index (χ3n) is 14.3. The van der Waals surface area contributed by atoms with Crippen LogP contribution in [-0.2, 0) is 19.1 Å². The first-order valence-electron chi connectivity index (χ1n) is 17.0. The van der Waals surface area contributed by atoms with Crippen molar-refractivity contribution in [3.05, 3.63) is 11.6 Å². The van der Waals surface area contributed by atoms with Crippen molar-refractivity contribution in [2.75, 3.05) is 7.11 Å². The minimum absolute atomic E-state index is 0.0248. The van der Waals surface area contributed by atoms with Crippen LogP contribution in [0.5, 0.6) is 0 Å². The third-order valence-corrected chi connectivity index (χ3v) is 14.3. The zero-order valence-corrected chi connectivity index (χ0v) is 28.4. The predicted molar refractivity (Wildman–Crippen MR) is 167 cm³/mol. The summed E-state index contributed by atoms with van der Waals surface area (Å²) in [7, 11) is 1.42. The molecular weight excluding hydrogens is 522 g/mol. The molecule has 0 bridgehead atoms. The Hall–Kier alpha value is -1.65. The summed E-state index contributed by atoms with van der Waals surface area (Å²) in [6.45, 7) is 21.0. The molecule has 0 spiro atoms. The smallest absolute Gasteiger partial charge is 0.328 e. The molecule has 5 aliphatic rings. The second-order valence-corrected chi connectivity index (χ2v) is 17.7. The Balaban J connectivity index is 1.54. The Kier molecular flexibility index (Phi) is 7.71. The van der Waals surface area contributed by atoms with E-state index in [1.807, 2.05) is 0 Å². The fraction of sp³-hybridized carbons (Fsp3) is 0.865. The van der Waals surface area contributed by atoms with Crippen LogP contribution < -0.4 is 5.32 Å². The quantitative estimate of drug-likeness (QED) is 0.263. The van der Waals surface area contributed by atoms with Crippen molar-refractivity contribution in [2.45, 2.75) is 139 Å². The first kappa shape index (κ1) is 31.8. The molecular formula is C37H59NO4. The first-order valence-corrected chi connectivity index (χ1v) is 17.0. The number of hydrogen-bond acceptors (Lipinski definition) is 4. The van der Waals surface area contributed by atoms with E-state index < -0.39 is 11.5 Å². The van der Waals surface area contributed by atoms with Crippen LogP contribution in [-0.4, -0.2) is 30.8 Å². The number of esters is 1. The van der Waals surface area contributed by atoms with Crippen molar-refractivity contribution >= 4 is 17.7 Å². The number of ketones is 1. The number of carbonyl (C=O) groups excluding carboxylic acids is 3. The van der Waals surface area contributed by atoms with Gasteiger partial charge in [-0.1, -0.05) is 74.0 Å². The summed E-state index contributed by atoms with van der Waals surface area (Å²) >= 11 is 0. The van der Waals surface area contributed by atoms with E-state index in [4.69, 9.17) is 4.74 Å². The van der Waals surface area contributed by atoms with E-state index in [9.17, 15) is 14.4 Å². The topological polar surface area (TPSA) is 72.5 Å². The third kappa shape index (κ3) is 4.47. The molecule has 1 amide bonds. The average molecular weight is 582 g/mol. The summed E-state index contributed by atoms with van der Waals surface area (Å²) in [6.07, 6.45) is 13.0. The van der Waals surface area contributed by atoms with E-state index in [0.717, 1.165) is 57.8 Å². The van der Waals surface area contributed by atoms with Gasteiger partial charge in [-0.25, -0.2) is 4.79 Å². The van der Waals surface area contributed by atoms with Crippen molar-refractivity contribution in [1.29, 1.82) is 0 Å². The van der Waals surface area contributed by atoms with Crippen LogP contribution in [0, 0.1) is 56.2 Å². The molecule has 8 atom stereocenters. The molecule has 0 aliphatic heterocycles. The molecule has 0 aromatic heterocycles. The lowest BCUT2D eigenvalue weighted by molar-refractivity contribution is -0.186. The fourth-order valence-corrected chi connectivity index (χ4v) is 11.6. The predicted octanol–water partition coefficient (Wildman–Crippen LogP) is 8.06. The van der Waals surface area contributed by atoms with Gasteiger partial charge >= 0.3 is 5.97 Å². The van der Waals surface area contributed by atoms with Gasteiger partial charge in [0, 0.05) is 11.8 Å². The number of carbonyl (C=O) groups is 3. The van der Waals surface area contributed by atoms with Crippen LogP contribution in [0.15, 0.2) is 11.6 Å². The van der Waals surface area contributed by atoms with Crippen LogP contribution >= 0.6 is 0 Å². The Morgan fingerprint density at radius 1 is 0.952 bits per heavy atom. The van der Waals surface area contributed by atoms with E-state index in [1.165, 1.54) is 12.7 Å². The highest BCUT2D eigenvalue weighted by molar-refractivity contribution is 5.89. The van der Waals surface area contributed by atoms with Gasteiger partial charge < -0.3 is 10.1 Å². The zero-order chi connectivity index (χ0) is 31.1. The van der Waals surface area contributed by atoms with Gasteiger partial charge in [0.05, 0.1) is 12.5 Å². The summed E-state index contributed by atoms with van der Waals surface area (Å²) in [5, 5.41) is 3.24. The number of fused-ring (bicyclic) bond motifs is 7. The molecule has 4 saturated carbocycles. The zero-order valence-electron chi connectivity index (χ0n) is 28.4. The molecule has 0 aromatic rings. The van der Waals surface area contributed by atoms with Gasteiger partial charge in [0.25, 0.3) is 0 Å². The number of ether oxygens (including phenoxy) is 1. The highest BCUT2D eigenvalue weighted by Crippen LogP contribution is 2.75. The maximum absolute atomic E-state index is 14.5. The lowest BCUT2D eigenvalue weighted by atomic mass is 9.33. The molecule has 5 nitrogen and oxygen atoms in total. The van der Waals surface area contributed by atoms with Crippen molar-refractivity contribution in [2.24, 2.45) is 56.2 Å². The van der Waals surface area contributed by atoms with Gasteiger partial charge in [-0.15, -0.1) is 0 Å². The normalized spacial score (nSPS) is 42.7. The van der Waals surface area contributed by atoms with E-state index in [1.54, 1.807) is 0 Å². The van der Waals surface area contributed by atoms with Crippen molar-refractivity contribution in [3.8, 4) is 0 Å². The molecule has 0 radical (unpaired) electrons. The standard InChI is InChI=1S/C37H59NO4/c1-23(2)21-26(30(40)42-10)38-31(41)37-19-17-32(3,4)22-25(37)24-11-12-28-34(7)15-14-29(39)33(5,6)27(34)13-16-36(28,9)35(24,8)18-20-37/h11,23,25-28H,12-22H2,1-10H3,(H,38,41)/t25-,26-,27-,28+,34-,35+,36+,37-/m0/s1. The van der Waals surface area contributed by atoms with Gasteiger partial charge in [0.1, 0.15) is 11.8 Å². The fourth-order valence-electron chi connectivity index (χ4n) is 11.6. The molecule has 5 rings (SSSR count). The molecule has 0 aromatic carbocycles. The molecule has 5 heteroatoms. The Morgan fingerprint density at radius 2 is 1.62 bits per heavy atom. The lowest BCUT2D eigenvalue weighted by Gasteiger charge is -2.70. The Labute approximate surface area is 255 Å². The van der Waals surface area contributed by atoms with E-state index in [2.05, 4.69) is 73.7 Å². The summed E-state index contributed by atoms with van der Waals surface area (Å²) in [5.41, 5.74) is 1.28. The molecule has 0 saturated heterocycles. The summed E-state index contributed by atoms with van der Waals surface area (Å²) in [5.74, 6) is 1.61. The Bertz CT molecular complexity index is 1170. The molecule has 0 unspecified atom stereocenters. The van der Waals surface area contributed by atoms with Crippen LogP contribution in [0.1, 0.15) is 133 Å². The molecule has 0 heterocycles. The van der Waals surface area contributed by atoms with Gasteiger partial charge in [0.2, 0.25) is 5.91 Å². The van der Waals surface area contributed by atoms with E-state index in [0.29, 0.717) is 30.5 Å². The molecule has 4 fully saturated rings. The lowest BCUT2D eigenvalue weighted by Crippen LogP contribution is -2.65. The number of allylic oxidation sites excluding steroid dienone is 2. The number of nitrogens with one attached hydrogen (secondary N) is 1. The maximum atomic E-state index is 14.5. The second kappa shape index (κ2) is 10.2. The summed E-state index contributed by atoms with van der Waals surface area (Å²) in [6, 6.07) is -0.601. The SMILES string of the molecule is COC(=O)[C@H](CC(C)C)NC(=O)[C@]12CCC(C)(C)C[C@H]1C1=CC[C@@H]3[C@@]4(C)CCC(=O)C(C)(C)[C@@H]4CC[C@@]3(C)[C@]1(C)CC2. The van der Waals surface area contributed by atoms with Crippen LogP contribution in [0.2, 0.25) is 0 Å². The maximum Gasteiger partial charge on any atom is 0.328 e. The highest BCUT2D eigenvalue weighted by atomic mass is 16.5. The number of Topliss-reactive ketones (excluding diaryl/α,β-unsaturated/α-hetero) is 1. The van der Waals surface area contributed by atoms with Gasteiger partial charge in [-0.05, 0) is 110 Å². The van der Waals surface area contributed by atoms with Crippen LogP contribution in [0.3, 0.4) is 0 Å². The van der Waals surface area contributed by atoms with Crippen LogP contribution in [0.25, 0.3) is 0 Å². The summed E-state index contributed by atoms with van der Waals surface area (Å²) < 4.78 is 5.13. The molecule has 1 N–H and O–H groups in total. The minimum atomic E-state index is -0.601. The van der Waals surface area contributed by atoms with Crippen molar-refractivity contribution < 1.29 is 19.1 Å². The van der Waals surface area contributed by atoms with Gasteiger partial charge in [-0.2, -0.15) is 0 Å². The van der Waals surface area contributed by atoms with Crippen molar-refractivity contribution in [3.63, 3.8) is 0 Å². The number of rotatable bonds is 5. The van der Waals surface area contributed by atoms with Gasteiger partial charge in [-0.3, -0.25) is 9.59 Å². The first-order chi connectivity index (χ1) is 19.4. The van der Waals surface area contributed by atoms with E-state index in [-0.39, 0.29) is 50.8 Å². The number of methoxy groups -OCH3 is 1. The average Bonchev–Trinajstić information content (AvgIpc) is 2.90. The largest absolute Gasteiger partial charge is 0.467 e. The highest BCUT2D eigenvalue weighted by Gasteiger charge is 2.69. The van der Waals surface area contributed by atoms with E-state index >= 15 is 0 Å². The van der Waals surface area contributed by atoms with Crippen molar-refractivity contribution in [1.82, 2.24) is 5.32 Å². The second-order valence-electron chi connectivity index (χ2n) is 17.7. The monoisotopic (exact) mass is 581 g/mol.